The van der Waals surface area contributed by atoms with Crippen molar-refractivity contribution in [2.75, 3.05) is 33.4 Å². The quantitative estimate of drug-likeness (QED) is 0.0293. The summed E-state index contributed by atoms with van der Waals surface area (Å²) in [5.41, 5.74) is 3.20. The van der Waals surface area contributed by atoms with E-state index in [0.29, 0.717) is 5.02 Å². The second kappa shape index (κ2) is 43.4. The molecule has 14 rings (SSSR count). The number of amides is 8. The molecule has 41 nitrogen and oxygen atoms in total. The van der Waals surface area contributed by atoms with Gasteiger partial charge < -0.3 is 164 Å². The van der Waals surface area contributed by atoms with Crippen LogP contribution in [0, 0.1) is 5.92 Å². The van der Waals surface area contributed by atoms with Crippen molar-refractivity contribution < 1.29 is 148 Å². The molecule has 7 aliphatic heterocycles. The van der Waals surface area contributed by atoms with Crippen LogP contribution in [0.3, 0.4) is 0 Å². The van der Waals surface area contributed by atoms with Crippen LogP contribution in [0.5, 0.6) is 46.0 Å². The Morgan fingerprint density at radius 3 is 1.86 bits per heavy atom. The Morgan fingerprint density at radius 2 is 1.26 bits per heavy atom. The van der Waals surface area contributed by atoms with Gasteiger partial charge in [-0.05, 0) is 152 Å². The summed E-state index contributed by atoms with van der Waals surface area (Å²) in [4.78, 5) is 133. The summed E-state index contributed by atoms with van der Waals surface area (Å²) in [5.74, 6) is -18.4. The molecule has 0 radical (unpaired) electrons. The Labute approximate surface area is 774 Å². The number of carbonyl (C=O) groups is 9. The van der Waals surface area contributed by atoms with Gasteiger partial charge in [-0.2, -0.15) is 0 Å². The first kappa shape index (κ1) is 101. The van der Waals surface area contributed by atoms with E-state index in [1.807, 2.05) is 36.4 Å². The third-order valence-corrected chi connectivity index (χ3v) is 24.3. The van der Waals surface area contributed by atoms with Crippen LogP contribution in [-0.2, 0) is 70.5 Å². The lowest BCUT2D eigenvalue weighted by Gasteiger charge is -2.48. The number of hydrogen-bond acceptors (Lipinski definition) is 32. The Morgan fingerprint density at radius 1 is 0.647 bits per heavy atom. The van der Waals surface area contributed by atoms with E-state index in [-0.39, 0.29) is 55.9 Å². The third kappa shape index (κ3) is 23.1. The molecule has 0 aliphatic carbocycles. The highest BCUT2D eigenvalue weighted by atomic mass is 35.5. The van der Waals surface area contributed by atoms with Gasteiger partial charge in [-0.3, -0.25) is 38.4 Å². The van der Waals surface area contributed by atoms with Gasteiger partial charge in [-0.25, -0.2) is 4.79 Å². The van der Waals surface area contributed by atoms with E-state index in [9.17, 15) is 95.8 Å². The summed E-state index contributed by atoms with van der Waals surface area (Å²) in [5, 5.41) is 195. The van der Waals surface area contributed by atoms with Crippen molar-refractivity contribution >= 4 is 88.0 Å². The molecule has 7 aliphatic rings. The zero-order valence-electron chi connectivity index (χ0n) is 71.9. The van der Waals surface area contributed by atoms with Gasteiger partial charge in [0.15, 0.2) is 36.0 Å². The van der Waals surface area contributed by atoms with Crippen LogP contribution >= 0.6 is 34.8 Å². The second-order valence-corrected chi connectivity index (χ2v) is 34.7. The summed E-state index contributed by atoms with van der Waals surface area (Å²) in [7, 11) is 1.46. The van der Waals surface area contributed by atoms with Crippen LogP contribution in [0.15, 0.2) is 121 Å². The van der Waals surface area contributed by atoms with Gasteiger partial charge >= 0.3 is 5.97 Å². The molecule has 2 saturated heterocycles. The van der Waals surface area contributed by atoms with Crippen LogP contribution in [0.4, 0.5) is 0 Å². The van der Waals surface area contributed by atoms with Crippen molar-refractivity contribution in [1.82, 2.24) is 53.2 Å². The van der Waals surface area contributed by atoms with Gasteiger partial charge in [0.1, 0.15) is 108 Å². The third-order valence-electron chi connectivity index (χ3n) is 23.5. The lowest BCUT2D eigenvalue weighted by molar-refractivity contribution is -0.334. The average Bonchev–Trinajstić information content (AvgIpc) is 0.753. The standard InChI is InChI=1S/C89H104Cl3N11O30/c1-36(2)23-51(94-5)80(119)102-67-69(110)42-14-19-56(49(91)25-42)129-58-27-44-28-59(77(58)133-88-78(75(116)73(114)60(35-105)131-88)132-62-31-89(4,79(118)37(3)128-62)97-32-38-7-9-39(10-8-38)40-11-16-45(90)17-12-40)130-57-20-15-43(26-50(57)92)70(111)68-85(124)101-66(87(126)127)47-29-54(107)48(33-95-21-6-22-96-86(125)76(117)74(115)72(113)55(108)34-104)71(112)63(47)46-24-41(13-18-53(46)106)64(82(121)103-68)100-83(122)65(44)99-81(120)52(30-61(93)109)98-84(67)123/h7-20,24-29,36-37,51-52,55,60,62,64-70,72-76,78-79,88,94-95,97,104-108,110-118H,6,21-23,30-35H2,1-5H3,(H2,93,109)(H,96,125)(H,98,123)(H,99,120)(H,100,122)(H,101,124)(H,102,119)(H,103,121)(H,126,127)/t37-,51+,52-,55+,60+,62-,64+,65+,66-,67+,68-,69+,70+,72+,73+,74-,75-,76+,78+,79+,88-,89-/m0/s1. The molecule has 133 heavy (non-hydrogen) atoms. The zero-order chi connectivity index (χ0) is 96.6. The first-order valence-corrected chi connectivity index (χ1v) is 43.3. The van der Waals surface area contributed by atoms with Gasteiger partial charge in [0.2, 0.25) is 53.4 Å². The highest BCUT2D eigenvalue weighted by Gasteiger charge is 2.53. The monoisotopic (exact) mass is 1910 g/mol. The number of ether oxygens (including phenoxy) is 6. The number of halogens is 3. The summed E-state index contributed by atoms with van der Waals surface area (Å²) in [6.07, 6.45) is -27.8. The van der Waals surface area contributed by atoms with Crippen molar-refractivity contribution in [2.45, 2.75) is 200 Å². The fraction of sp³-hybridized carbons (Fsp3) is 0.427. The number of aromatic hydroxyl groups is 3. The Balaban J connectivity index is 1.01. The number of benzene rings is 7. The molecule has 22 atom stereocenters. The fourth-order valence-corrected chi connectivity index (χ4v) is 16.6. The summed E-state index contributed by atoms with van der Waals surface area (Å²) >= 11 is 20.6. The maximum absolute atomic E-state index is 16.5. The van der Waals surface area contributed by atoms with E-state index in [1.54, 1.807) is 39.8 Å². The van der Waals surface area contributed by atoms with Crippen LogP contribution in [-0.4, -0.2) is 267 Å². The molecule has 0 unspecified atom stereocenters. The number of carbonyl (C=O) groups excluding carboxylic acids is 8. The predicted molar refractivity (Wildman–Crippen MR) is 469 cm³/mol. The van der Waals surface area contributed by atoms with Gasteiger partial charge in [0, 0.05) is 53.3 Å². The van der Waals surface area contributed by atoms with Gasteiger partial charge in [0.05, 0.1) is 53.5 Å². The topological polar surface area (TPSA) is 659 Å². The largest absolute Gasteiger partial charge is 0.507 e. The van der Waals surface area contributed by atoms with Crippen molar-refractivity contribution in [3.63, 3.8) is 0 Å². The van der Waals surface area contributed by atoms with Crippen molar-refractivity contribution in [2.24, 2.45) is 11.7 Å². The molecule has 2 fully saturated rings. The van der Waals surface area contributed by atoms with E-state index in [4.69, 9.17) is 69.0 Å². The summed E-state index contributed by atoms with van der Waals surface area (Å²) in [6.45, 7) is 4.07. The van der Waals surface area contributed by atoms with Gasteiger partial charge in [-0.1, -0.05) is 103 Å². The second-order valence-electron chi connectivity index (χ2n) is 33.4. The molecule has 8 amide bonds. The number of carboxylic acids is 1. The number of phenols is 3. The molecule has 0 aromatic heterocycles. The van der Waals surface area contributed by atoms with Gasteiger partial charge in [0.25, 0.3) is 5.91 Å². The van der Waals surface area contributed by atoms with Crippen LogP contribution in [0.25, 0.3) is 22.3 Å². The number of likely N-dealkylation sites (N-methyl/N-ethyl adjacent to an activating group) is 1. The maximum Gasteiger partial charge on any atom is 0.330 e. The minimum absolute atomic E-state index is 0.0193. The Bertz CT molecular complexity index is 5460. The van der Waals surface area contributed by atoms with Gasteiger partial charge in [-0.15, -0.1) is 0 Å². The molecule has 27 N–H and O–H groups in total. The Kier molecular flexibility index (Phi) is 32.9. The average molecular weight is 1910 g/mol. The SMILES string of the molecule is CN[C@H](CC(C)C)C(=O)N[C@H]1C(=O)N[C@@H](CC(N)=O)C(=O)N[C@H]2C(=O)N[C@H]3C(=O)N[C@H](C(=O)N[C@H](C(=O)O)c4cc(O)c(CNCCCNC(=O)[C@H](O)[C@@H](O)[C@H](O)[C@H](O)CO)c(O)c4-c4cc3ccc4O)[C@H](O)c3ccc(c(Cl)c3)Oc3cc2cc(c3O[C@@H]2O[C@H](CO)[C@@H](O)[C@H](O)[C@H]2O[C@H]2C[C@](C)(NCc3ccc(-c4ccc(Cl)cc4)cc3)[C@H](O)[C@H](C)O2)Oc2ccc(cc2Cl)[C@H]1O. The number of aliphatic carboxylic acids is 1. The summed E-state index contributed by atoms with van der Waals surface area (Å²) in [6, 6.07) is 12.3. The number of phenolic OH excluding ortho intramolecular Hbond substituents is 3. The smallest absolute Gasteiger partial charge is 0.330 e. The number of aliphatic hydroxyl groups is 11. The van der Waals surface area contributed by atoms with Crippen molar-refractivity contribution in [3.05, 3.63) is 175 Å². The van der Waals surface area contributed by atoms with E-state index in [1.165, 1.54) is 19.2 Å². The minimum Gasteiger partial charge on any atom is -0.507 e. The fourth-order valence-electron chi connectivity index (χ4n) is 16.1. The van der Waals surface area contributed by atoms with Crippen molar-refractivity contribution in [1.29, 1.82) is 0 Å². The lowest BCUT2D eigenvalue weighted by atomic mass is 9.84. The zero-order valence-corrected chi connectivity index (χ0v) is 74.1. The molecule has 7 heterocycles. The number of carboxylic acid groups (broad SMARTS) is 1. The number of primary amides is 1. The van der Waals surface area contributed by atoms with Crippen LogP contribution < -0.4 is 73.1 Å². The number of hydrogen-bond donors (Lipinski definition) is 26. The molecule has 11 bridgehead atoms. The number of nitrogens with two attached hydrogens (primary N) is 1. The molecular formula is C89H104Cl3N11O30. The normalized spacial score (nSPS) is 26.1. The number of nitrogens with one attached hydrogen (secondary N) is 10. The van der Waals surface area contributed by atoms with E-state index >= 15 is 24.0 Å². The first-order chi connectivity index (χ1) is 63.1. The van der Waals surface area contributed by atoms with Crippen molar-refractivity contribution in [3.8, 4) is 68.2 Å². The van der Waals surface area contributed by atoms with E-state index in [0.717, 1.165) is 77.4 Å². The molecule has 44 heteroatoms. The molecule has 0 saturated carbocycles. The minimum atomic E-state index is -2.45. The molecule has 7 aromatic carbocycles. The van der Waals surface area contributed by atoms with Crippen LogP contribution in [0.1, 0.15) is 123 Å². The number of rotatable bonds is 28. The van der Waals surface area contributed by atoms with E-state index in [2.05, 4.69) is 53.2 Å². The summed E-state index contributed by atoms with van der Waals surface area (Å²) < 4.78 is 39.6. The maximum atomic E-state index is 16.5. The first-order valence-electron chi connectivity index (χ1n) is 42.2. The number of aliphatic hydroxyl groups excluding tert-OH is 11. The molecular weight excluding hydrogens is 1810 g/mol. The van der Waals surface area contributed by atoms with Crippen LogP contribution in [0.2, 0.25) is 15.1 Å². The molecule has 7 aromatic rings. The highest BCUT2D eigenvalue weighted by Crippen LogP contribution is 2.51. The Hall–Kier alpha value is -11.2. The lowest BCUT2D eigenvalue weighted by Crippen LogP contribution is -2.65. The molecule has 716 valence electrons. The predicted octanol–water partition coefficient (Wildman–Crippen LogP) is 0.289. The molecule has 0 spiro atoms. The van der Waals surface area contributed by atoms with E-state index < -0.39 is 302 Å². The number of fused-ring (bicyclic) bond motifs is 15. The highest BCUT2D eigenvalue weighted by molar-refractivity contribution is 6.32.